The van der Waals surface area contributed by atoms with Crippen LogP contribution < -0.4 is 0 Å². The molecule has 1 heterocycles. The van der Waals surface area contributed by atoms with Gasteiger partial charge in [-0.2, -0.15) is 0 Å². The number of aliphatic carboxylic acids is 1. The molecule has 0 aromatic carbocycles. The summed E-state index contributed by atoms with van der Waals surface area (Å²) in [7, 11) is 3.94. The minimum Gasteiger partial charge on any atom is -0.481 e. The van der Waals surface area contributed by atoms with Crippen molar-refractivity contribution < 1.29 is 9.90 Å². The molecule has 1 aromatic heterocycles. The Bertz CT molecular complexity index is 334. The number of hydrogen-bond acceptors (Lipinski definition) is 2. The Morgan fingerprint density at radius 3 is 2.79 bits per heavy atom. The van der Waals surface area contributed by atoms with Gasteiger partial charge in [-0.25, -0.2) is 0 Å². The number of nitrogens with one attached hydrogen (secondary N) is 1. The Labute approximate surface area is 91.0 Å². The molecule has 1 aromatic rings. The number of carboxylic acids is 1. The lowest BCUT2D eigenvalue weighted by Gasteiger charge is -2.07. The first-order chi connectivity index (χ1) is 6.49. The van der Waals surface area contributed by atoms with E-state index < -0.39 is 5.97 Å². The fourth-order valence-electron chi connectivity index (χ4n) is 1.24. The minimum absolute atomic E-state index is 0.0338. The maximum absolute atomic E-state index is 10.5. The molecule has 0 amide bonds. The van der Waals surface area contributed by atoms with Gasteiger partial charge < -0.3 is 15.0 Å². The van der Waals surface area contributed by atoms with E-state index in [1.54, 1.807) is 0 Å². The van der Waals surface area contributed by atoms with Crippen molar-refractivity contribution in [3.05, 3.63) is 21.9 Å². The summed E-state index contributed by atoms with van der Waals surface area (Å²) in [5.74, 6) is -0.824. The number of aromatic nitrogens is 1. The number of carboxylic acid groups (broad SMARTS) is 1. The summed E-state index contributed by atoms with van der Waals surface area (Å²) in [4.78, 5) is 15.5. The number of aromatic amines is 1. The predicted octanol–water partition coefficient (Wildman–Crippen LogP) is 1.47. The van der Waals surface area contributed by atoms with Gasteiger partial charge in [0.15, 0.2) is 0 Å². The molecule has 78 valence electrons. The Morgan fingerprint density at radius 1 is 1.64 bits per heavy atom. The molecule has 0 saturated heterocycles. The van der Waals surface area contributed by atoms with Crippen molar-refractivity contribution in [3.8, 4) is 0 Å². The molecular weight excluding hydrogens is 248 g/mol. The first-order valence-electron chi connectivity index (χ1n) is 4.22. The van der Waals surface area contributed by atoms with Crippen LogP contribution in [0.25, 0.3) is 0 Å². The van der Waals surface area contributed by atoms with E-state index in [4.69, 9.17) is 5.11 Å². The van der Waals surface area contributed by atoms with Crippen LogP contribution in [0.2, 0.25) is 0 Å². The summed E-state index contributed by atoms with van der Waals surface area (Å²) >= 11 is 3.36. The molecule has 0 fully saturated rings. The number of halogens is 1. The number of carbonyl (C=O) groups is 1. The van der Waals surface area contributed by atoms with E-state index in [0.717, 1.165) is 22.4 Å². The lowest BCUT2D eigenvalue weighted by molar-refractivity contribution is -0.136. The van der Waals surface area contributed by atoms with Crippen LogP contribution in [0.5, 0.6) is 0 Å². The average Bonchev–Trinajstić information content (AvgIpc) is 2.28. The zero-order valence-electron chi connectivity index (χ0n) is 8.17. The van der Waals surface area contributed by atoms with Gasteiger partial charge >= 0.3 is 5.97 Å². The second-order valence-corrected chi connectivity index (χ2v) is 4.24. The van der Waals surface area contributed by atoms with Crippen molar-refractivity contribution in [2.45, 2.75) is 13.0 Å². The summed E-state index contributed by atoms with van der Waals surface area (Å²) in [6.07, 6.45) is 0.0338. The maximum atomic E-state index is 10.5. The third-order valence-corrected chi connectivity index (χ3v) is 2.44. The van der Waals surface area contributed by atoms with Crippen LogP contribution in [0.15, 0.2) is 10.7 Å². The summed E-state index contributed by atoms with van der Waals surface area (Å²) in [6.45, 7) is 0.788. The Kier molecular flexibility index (Phi) is 3.71. The number of hydrogen-bond donors (Lipinski definition) is 2. The van der Waals surface area contributed by atoms with Crippen LogP contribution in [0.4, 0.5) is 0 Å². The van der Waals surface area contributed by atoms with Crippen LogP contribution in [0.3, 0.4) is 0 Å². The number of H-pyrrole nitrogens is 1. The van der Waals surface area contributed by atoms with E-state index >= 15 is 0 Å². The van der Waals surface area contributed by atoms with Crippen LogP contribution >= 0.6 is 15.9 Å². The highest BCUT2D eigenvalue weighted by atomic mass is 79.9. The minimum atomic E-state index is -0.824. The van der Waals surface area contributed by atoms with Gasteiger partial charge in [-0.1, -0.05) is 0 Å². The standard InChI is InChI=1S/C9H13BrN2O2/c1-12(2)5-6-3-7(4-8(13)14)11-9(6)10/h3,11H,4-5H2,1-2H3,(H,13,14). The number of rotatable bonds is 4. The van der Waals surface area contributed by atoms with Crippen LogP contribution in [-0.2, 0) is 17.8 Å². The van der Waals surface area contributed by atoms with E-state index in [-0.39, 0.29) is 6.42 Å². The van der Waals surface area contributed by atoms with Gasteiger partial charge in [0.1, 0.15) is 0 Å². The van der Waals surface area contributed by atoms with Gasteiger partial charge in [-0.3, -0.25) is 4.79 Å². The van der Waals surface area contributed by atoms with Gasteiger partial charge in [-0.05, 0) is 41.7 Å². The van der Waals surface area contributed by atoms with E-state index in [1.165, 1.54) is 0 Å². The van der Waals surface area contributed by atoms with Crippen molar-refractivity contribution in [2.24, 2.45) is 0 Å². The van der Waals surface area contributed by atoms with Gasteiger partial charge in [0.25, 0.3) is 0 Å². The van der Waals surface area contributed by atoms with Crippen molar-refractivity contribution in [2.75, 3.05) is 14.1 Å². The topological polar surface area (TPSA) is 56.3 Å². The van der Waals surface area contributed by atoms with Crippen molar-refractivity contribution in [3.63, 3.8) is 0 Å². The first kappa shape index (κ1) is 11.3. The Balaban J connectivity index is 2.76. The molecule has 0 unspecified atom stereocenters. The normalized spacial score (nSPS) is 10.9. The van der Waals surface area contributed by atoms with Gasteiger partial charge in [0.05, 0.1) is 11.0 Å². The van der Waals surface area contributed by atoms with Crippen molar-refractivity contribution in [1.82, 2.24) is 9.88 Å². The molecule has 5 heteroatoms. The van der Waals surface area contributed by atoms with Crippen LogP contribution in [-0.4, -0.2) is 35.1 Å². The van der Waals surface area contributed by atoms with Crippen LogP contribution in [0, 0.1) is 0 Å². The molecule has 0 aliphatic heterocycles. The molecule has 0 saturated carbocycles. The predicted molar refractivity (Wildman–Crippen MR) is 57.2 cm³/mol. The zero-order valence-corrected chi connectivity index (χ0v) is 9.76. The van der Waals surface area contributed by atoms with Gasteiger partial charge in [0.2, 0.25) is 0 Å². The molecular formula is C9H13BrN2O2. The molecule has 0 aliphatic rings. The smallest absolute Gasteiger partial charge is 0.309 e. The third kappa shape index (κ3) is 3.16. The largest absolute Gasteiger partial charge is 0.481 e. The lowest BCUT2D eigenvalue weighted by Crippen LogP contribution is -2.10. The molecule has 0 radical (unpaired) electrons. The highest BCUT2D eigenvalue weighted by molar-refractivity contribution is 9.10. The fraction of sp³-hybridized carbons (Fsp3) is 0.444. The first-order valence-corrected chi connectivity index (χ1v) is 5.01. The zero-order chi connectivity index (χ0) is 10.7. The second-order valence-electron chi connectivity index (χ2n) is 3.44. The molecule has 0 bridgehead atoms. The maximum Gasteiger partial charge on any atom is 0.309 e. The molecule has 2 N–H and O–H groups in total. The molecule has 4 nitrogen and oxygen atoms in total. The fourth-order valence-corrected chi connectivity index (χ4v) is 1.74. The van der Waals surface area contributed by atoms with Crippen molar-refractivity contribution >= 4 is 21.9 Å². The average molecular weight is 261 g/mol. The highest BCUT2D eigenvalue weighted by Crippen LogP contribution is 2.18. The monoisotopic (exact) mass is 260 g/mol. The van der Waals surface area contributed by atoms with E-state index in [9.17, 15) is 4.79 Å². The molecule has 0 spiro atoms. The van der Waals surface area contributed by atoms with Gasteiger partial charge in [0, 0.05) is 12.2 Å². The molecule has 1 rings (SSSR count). The van der Waals surface area contributed by atoms with Gasteiger partial charge in [-0.15, -0.1) is 0 Å². The molecule has 0 aliphatic carbocycles. The highest BCUT2D eigenvalue weighted by Gasteiger charge is 2.08. The molecule has 14 heavy (non-hydrogen) atoms. The summed E-state index contributed by atoms with van der Waals surface area (Å²) in [5, 5.41) is 8.60. The summed E-state index contributed by atoms with van der Waals surface area (Å²) in [5.41, 5.74) is 1.80. The quantitative estimate of drug-likeness (QED) is 0.862. The summed E-state index contributed by atoms with van der Waals surface area (Å²) < 4.78 is 0.863. The third-order valence-electron chi connectivity index (χ3n) is 1.73. The van der Waals surface area contributed by atoms with E-state index in [0.29, 0.717) is 0 Å². The Morgan fingerprint density at radius 2 is 2.29 bits per heavy atom. The second kappa shape index (κ2) is 4.61. The lowest BCUT2D eigenvalue weighted by atomic mass is 10.2. The van der Waals surface area contributed by atoms with Crippen LogP contribution in [0.1, 0.15) is 11.3 Å². The molecule has 0 atom stereocenters. The van der Waals surface area contributed by atoms with E-state index in [2.05, 4.69) is 20.9 Å². The Hall–Kier alpha value is -0.810. The SMILES string of the molecule is CN(C)Cc1cc(CC(=O)O)[nH]c1Br. The summed E-state index contributed by atoms with van der Waals surface area (Å²) in [6, 6.07) is 1.87. The van der Waals surface area contributed by atoms with Crippen molar-refractivity contribution in [1.29, 1.82) is 0 Å². The number of nitrogens with zero attached hydrogens (tertiary/aromatic N) is 1. The van der Waals surface area contributed by atoms with E-state index in [1.807, 2.05) is 25.1 Å².